The molecule has 5 unspecified atom stereocenters. The molecular formula is C20H18O8. The van der Waals surface area contributed by atoms with Crippen LogP contribution in [0.4, 0.5) is 0 Å². The Morgan fingerprint density at radius 1 is 0.821 bits per heavy atom. The fraction of sp³-hybridized carbons (Fsp3) is 0.400. The van der Waals surface area contributed by atoms with Gasteiger partial charge in [0.15, 0.2) is 29.3 Å². The molecule has 8 nitrogen and oxygen atoms in total. The number of aliphatic hydroxyl groups is 2. The van der Waals surface area contributed by atoms with Crippen LogP contribution in [0.3, 0.4) is 0 Å². The quantitative estimate of drug-likeness (QED) is 0.805. The van der Waals surface area contributed by atoms with E-state index in [0.717, 1.165) is 5.56 Å². The first-order chi connectivity index (χ1) is 13.6. The van der Waals surface area contributed by atoms with Crippen molar-refractivity contribution < 1.29 is 38.6 Å². The molecule has 2 aromatic rings. The Bertz CT molecular complexity index is 946. The Hall–Kier alpha value is -2.52. The molecule has 2 aromatic carbocycles. The van der Waals surface area contributed by atoms with Gasteiger partial charge in [-0.15, -0.1) is 0 Å². The molecule has 0 aliphatic carbocycles. The maximum absolute atomic E-state index is 11.5. The predicted octanol–water partition coefficient (Wildman–Crippen LogP) is 1.65. The molecule has 2 fully saturated rings. The Morgan fingerprint density at radius 3 is 2.14 bits per heavy atom. The lowest BCUT2D eigenvalue weighted by atomic mass is 9.80. The van der Waals surface area contributed by atoms with Crippen LogP contribution in [0.1, 0.15) is 23.3 Å². The molecule has 8 heteroatoms. The van der Waals surface area contributed by atoms with Crippen molar-refractivity contribution in [2.75, 3.05) is 20.2 Å². The molecule has 6 rings (SSSR count). The maximum Gasteiger partial charge on any atom is 0.231 e. The van der Waals surface area contributed by atoms with Crippen molar-refractivity contribution in [1.82, 2.24) is 0 Å². The molecule has 4 aliphatic rings. The SMILES string of the molecule is OC1OC(c2ccc3c(c2)OCO3)C2(O)COC(c3ccc4c(c3)OCO4)C12. The first kappa shape index (κ1) is 16.4. The summed E-state index contributed by atoms with van der Waals surface area (Å²) in [7, 11) is 0. The van der Waals surface area contributed by atoms with E-state index in [-0.39, 0.29) is 20.2 Å². The lowest BCUT2D eigenvalue weighted by Crippen LogP contribution is -2.40. The van der Waals surface area contributed by atoms with E-state index in [0.29, 0.717) is 28.6 Å². The molecule has 0 saturated carbocycles. The van der Waals surface area contributed by atoms with Gasteiger partial charge in [-0.25, -0.2) is 0 Å². The normalized spacial score (nSPS) is 34.6. The molecule has 0 radical (unpaired) electrons. The third-order valence-electron chi connectivity index (χ3n) is 5.86. The van der Waals surface area contributed by atoms with Crippen LogP contribution >= 0.6 is 0 Å². The molecule has 0 spiro atoms. The minimum Gasteiger partial charge on any atom is -0.454 e. The molecule has 0 aromatic heterocycles. The van der Waals surface area contributed by atoms with Crippen molar-refractivity contribution in [3.63, 3.8) is 0 Å². The van der Waals surface area contributed by atoms with E-state index in [2.05, 4.69) is 0 Å². The summed E-state index contributed by atoms with van der Waals surface area (Å²) in [5, 5.41) is 22.1. The van der Waals surface area contributed by atoms with Crippen LogP contribution in [0, 0.1) is 5.92 Å². The van der Waals surface area contributed by atoms with Gasteiger partial charge in [-0.05, 0) is 35.4 Å². The molecule has 4 aliphatic heterocycles. The van der Waals surface area contributed by atoms with Gasteiger partial charge < -0.3 is 38.6 Å². The summed E-state index contributed by atoms with van der Waals surface area (Å²) in [5.41, 5.74) is 0.108. The molecule has 0 amide bonds. The molecular weight excluding hydrogens is 368 g/mol. The van der Waals surface area contributed by atoms with Gasteiger partial charge in [0.05, 0.1) is 18.6 Å². The molecule has 28 heavy (non-hydrogen) atoms. The zero-order valence-electron chi connectivity index (χ0n) is 14.7. The van der Waals surface area contributed by atoms with Gasteiger partial charge >= 0.3 is 0 Å². The van der Waals surface area contributed by atoms with Gasteiger partial charge in [0.2, 0.25) is 13.6 Å². The third-order valence-corrected chi connectivity index (χ3v) is 5.86. The molecule has 2 N–H and O–H groups in total. The van der Waals surface area contributed by atoms with Gasteiger partial charge in [0.25, 0.3) is 0 Å². The van der Waals surface area contributed by atoms with E-state index in [1.807, 2.05) is 12.1 Å². The van der Waals surface area contributed by atoms with Crippen molar-refractivity contribution in [1.29, 1.82) is 0 Å². The Morgan fingerprint density at radius 2 is 1.43 bits per heavy atom. The van der Waals surface area contributed by atoms with Gasteiger partial charge in [0, 0.05) is 0 Å². The molecule has 146 valence electrons. The molecule has 2 saturated heterocycles. The number of fused-ring (bicyclic) bond motifs is 3. The standard InChI is InChI=1S/C20H18O8/c21-19-16-17(10-1-3-12-14(5-10)26-8-24-12)23-7-20(16,22)18(28-19)11-2-4-13-15(6-11)27-9-25-13/h1-6,16-19,21-22H,7-9H2. The third kappa shape index (κ3) is 2.20. The van der Waals surface area contributed by atoms with Crippen LogP contribution in [-0.2, 0) is 9.47 Å². The van der Waals surface area contributed by atoms with E-state index < -0.39 is 30.0 Å². The van der Waals surface area contributed by atoms with E-state index in [9.17, 15) is 10.2 Å². The highest BCUT2D eigenvalue weighted by molar-refractivity contribution is 5.47. The Kier molecular flexibility index (Phi) is 3.37. The lowest BCUT2D eigenvalue weighted by molar-refractivity contribution is -0.140. The average Bonchev–Trinajstić information content (AvgIpc) is 3.45. The lowest BCUT2D eigenvalue weighted by Gasteiger charge is -2.27. The van der Waals surface area contributed by atoms with Crippen molar-refractivity contribution in [3.05, 3.63) is 47.5 Å². The van der Waals surface area contributed by atoms with Gasteiger partial charge in [-0.2, -0.15) is 0 Å². The van der Waals surface area contributed by atoms with Crippen molar-refractivity contribution in [2.24, 2.45) is 5.92 Å². The summed E-state index contributed by atoms with van der Waals surface area (Å²) < 4.78 is 33.3. The number of aliphatic hydroxyl groups excluding tert-OH is 1. The zero-order chi connectivity index (χ0) is 18.9. The van der Waals surface area contributed by atoms with Crippen LogP contribution in [-0.4, -0.2) is 42.3 Å². The van der Waals surface area contributed by atoms with Gasteiger partial charge in [0.1, 0.15) is 11.7 Å². The average molecular weight is 386 g/mol. The summed E-state index contributed by atoms with van der Waals surface area (Å²) in [4.78, 5) is 0. The van der Waals surface area contributed by atoms with E-state index in [1.165, 1.54) is 0 Å². The second-order valence-electron chi connectivity index (χ2n) is 7.38. The van der Waals surface area contributed by atoms with Crippen molar-refractivity contribution >= 4 is 0 Å². The minimum absolute atomic E-state index is 0.0347. The second kappa shape index (κ2) is 5.74. The number of benzene rings is 2. The first-order valence-corrected chi connectivity index (χ1v) is 9.10. The van der Waals surface area contributed by atoms with Crippen LogP contribution in [0.15, 0.2) is 36.4 Å². The summed E-state index contributed by atoms with van der Waals surface area (Å²) in [6, 6.07) is 10.8. The van der Waals surface area contributed by atoms with Crippen LogP contribution < -0.4 is 18.9 Å². The zero-order valence-corrected chi connectivity index (χ0v) is 14.7. The molecule has 4 heterocycles. The smallest absolute Gasteiger partial charge is 0.231 e. The number of hydrogen-bond acceptors (Lipinski definition) is 8. The number of rotatable bonds is 2. The second-order valence-corrected chi connectivity index (χ2v) is 7.38. The van der Waals surface area contributed by atoms with Gasteiger partial charge in [-0.3, -0.25) is 0 Å². The summed E-state index contributed by atoms with van der Waals surface area (Å²) in [6.07, 6.45) is -2.46. The highest BCUT2D eigenvalue weighted by atomic mass is 16.7. The van der Waals surface area contributed by atoms with E-state index >= 15 is 0 Å². The summed E-state index contributed by atoms with van der Waals surface area (Å²) in [5.74, 6) is 1.87. The van der Waals surface area contributed by atoms with Crippen LogP contribution in [0.25, 0.3) is 0 Å². The number of hydrogen-bond donors (Lipinski definition) is 2. The predicted molar refractivity (Wildman–Crippen MR) is 92.1 cm³/mol. The first-order valence-electron chi connectivity index (χ1n) is 9.10. The maximum atomic E-state index is 11.5. The Balaban J connectivity index is 1.34. The van der Waals surface area contributed by atoms with E-state index in [1.54, 1.807) is 24.3 Å². The van der Waals surface area contributed by atoms with Crippen molar-refractivity contribution in [3.8, 4) is 23.0 Å². The monoisotopic (exact) mass is 386 g/mol. The molecule has 0 bridgehead atoms. The fourth-order valence-electron chi connectivity index (χ4n) is 4.51. The largest absolute Gasteiger partial charge is 0.454 e. The van der Waals surface area contributed by atoms with E-state index in [4.69, 9.17) is 28.4 Å². The van der Waals surface area contributed by atoms with Crippen LogP contribution in [0.5, 0.6) is 23.0 Å². The number of ether oxygens (including phenoxy) is 6. The fourth-order valence-corrected chi connectivity index (χ4v) is 4.51. The summed E-state index contributed by atoms with van der Waals surface area (Å²) >= 11 is 0. The van der Waals surface area contributed by atoms with Crippen LogP contribution in [0.2, 0.25) is 0 Å². The summed E-state index contributed by atoms with van der Waals surface area (Å²) in [6.45, 7) is 0.373. The minimum atomic E-state index is -1.38. The molecule has 5 atom stereocenters. The highest BCUT2D eigenvalue weighted by Gasteiger charge is 2.63. The van der Waals surface area contributed by atoms with Crippen molar-refractivity contribution in [2.45, 2.75) is 24.1 Å². The van der Waals surface area contributed by atoms with Gasteiger partial charge in [-0.1, -0.05) is 12.1 Å². The Labute approximate surface area is 160 Å². The highest BCUT2D eigenvalue weighted by Crippen LogP contribution is 2.56. The topological polar surface area (TPSA) is 95.8 Å².